The zero-order valence-electron chi connectivity index (χ0n) is 16.4. The molecule has 0 unspecified atom stereocenters. The zero-order chi connectivity index (χ0) is 19.5. The maximum atomic E-state index is 6.13. The fourth-order valence-electron chi connectivity index (χ4n) is 4.36. The summed E-state index contributed by atoms with van der Waals surface area (Å²) in [6.45, 7) is 5.93. The summed E-state index contributed by atoms with van der Waals surface area (Å²) in [6.07, 6.45) is 4.59. The molecule has 1 aromatic heterocycles. The first kappa shape index (κ1) is 19.5. The second-order valence-electron chi connectivity index (χ2n) is 7.80. The van der Waals surface area contributed by atoms with E-state index in [1.54, 1.807) is 0 Å². The molecular weight excluding hydrogens is 376 g/mol. The molecule has 0 aliphatic carbocycles. The van der Waals surface area contributed by atoms with Gasteiger partial charge in [-0.1, -0.05) is 30.7 Å². The fraction of sp³-hybridized carbons (Fsp3) is 0.600. The van der Waals surface area contributed by atoms with Gasteiger partial charge in [0.1, 0.15) is 0 Å². The molecule has 1 aromatic carbocycles. The number of piperidine rings is 1. The van der Waals surface area contributed by atoms with Crippen molar-refractivity contribution in [2.45, 2.75) is 50.8 Å². The summed E-state index contributed by atoms with van der Waals surface area (Å²) in [7, 11) is 0. The van der Waals surface area contributed by atoms with Crippen LogP contribution in [0.5, 0.6) is 0 Å². The Labute approximate surface area is 171 Å². The Hall–Kier alpha value is -1.83. The van der Waals surface area contributed by atoms with Crippen LogP contribution in [0.3, 0.4) is 0 Å². The summed E-state index contributed by atoms with van der Waals surface area (Å²) in [5, 5.41) is 8.80. The minimum atomic E-state index is 0.327. The molecular formula is C20H29ClN6O. The lowest BCUT2D eigenvalue weighted by Gasteiger charge is -2.46. The van der Waals surface area contributed by atoms with Gasteiger partial charge in [-0.2, -0.15) is 0 Å². The van der Waals surface area contributed by atoms with Crippen LogP contribution < -0.4 is 10.6 Å². The molecule has 3 N–H and O–H groups in total. The maximum absolute atomic E-state index is 6.13. The van der Waals surface area contributed by atoms with Crippen molar-refractivity contribution in [3.8, 4) is 0 Å². The molecule has 0 radical (unpaired) electrons. The minimum absolute atomic E-state index is 0.327. The molecule has 2 atom stereocenters. The van der Waals surface area contributed by atoms with Crippen molar-refractivity contribution < 1.29 is 4.74 Å². The van der Waals surface area contributed by atoms with Gasteiger partial charge in [0.15, 0.2) is 0 Å². The number of aromatic nitrogens is 3. The Balaban J connectivity index is 1.42. The number of hydrogen-bond donors (Lipinski definition) is 2. The van der Waals surface area contributed by atoms with Crippen LogP contribution in [0.15, 0.2) is 24.3 Å². The number of nitrogen functional groups attached to an aromatic ring is 1. The lowest BCUT2D eigenvalue weighted by atomic mass is 9.96. The first-order valence-corrected chi connectivity index (χ1v) is 10.5. The normalized spacial score (nSPS) is 24.6. The topological polar surface area (TPSA) is 83.3 Å². The van der Waals surface area contributed by atoms with Gasteiger partial charge in [-0.25, -0.2) is 0 Å². The molecule has 0 amide bonds. The van der Waals surface area contributed by atoms with Gasteiger partial charge in [0, 0.05) is 36.7 Å². The number of anilines is 2. The van der Waals surface area contributed by atoms with Crippen LogP contribution in [0.2, 0.25) is 5.02 Å². The van der Waals surface area contributed by atoms with Crippen LogP contribution in [-0.2, 0) is 11.2 Å². The predicted octanol–water partition coefficient (Wildman–Crippen LogP) is 2.73. The van der Waals surface area contributed by atoms with E-state index in [1.165, 1.54) is 5.56 Å². The van der Waals surface area contributed by atoms with E-state index < -0.39 is 0 Å². The third-order valence-electron chi connectivity index (χ3n) is 5.97. The number of nitrogens with zero attached hydrogens (tertiary/aromatic N) is 4. The monoisotopic (exact) mass is 404 g/mol. The summed E-state index contributed by atoms with van der Waals surface area (Å²) in [5.41, 5.74) is 6.99. The van der Waals surface area contributed by atoms with Crippen molar-refractivity contribution in [3.63, 3.8) is 0 Å². The number of hydrogen-bond acceptors (Lipinski definition) is 6. The summed E-state index contributed by atoms with van der Waals surface area (Å²) in [5.74, 6) is 1.15. The molecule has 152 valence electrons. The lowest BCUT2D eigenvalue weighted by Crippen LogP contribution is -2.57. The van der Waals surface area contributed by atoms with Gasteiger partial charge in [-0.3, -0.25) is 9.88 Å². The highest BCUT2D eigenvalue weighted by atomic mass is 35.5. The largest absolute Gasteiger partial charge is 0.375 e. The van der Waals surface area contributed by atoms with Crippen LogP contribution in [0.1, 0.15) is 31.7 Å². The SMILES string of the molecule is CC[C@H]1CN(C2CCN(c3nnc(N)[nH]3)CC2)[C@@H](Cc2ccc(Cl)cc2)CO1. The first-order chi connectivity index (χ1) is 13.6. The van der Waals surface area contributed by atoms with Gasteiger partial charge in [-0.05, 0) is 43.4 Å². The highest BCUT2D eigenvalue weighted by Gasteiger charge is 2.35. The third kappa shape index (κ3) is 4.42. The number of aromatic amines is 1. The second-order valence-corrected chi connectivity index (χ2v) is 8.23. The summed E-state index contributed by atoms with van der Waals surface area (Å²) < 4.78 is 6.13. The first-order valence-electron chi connectivity index (χ1n) is 10.2. The third-order valence-corrected chi connectivity index (χ3v) is 6.23. The number of benzene rings is 1. The van der Waals surface area contributed by atoms with E-state index in [0.29, 0.717) is 24.1 Å². The highest BCUT2D eigenvalue weighted by molar-refractivity contribution is 6.30. The molecule has 28 heavy (non-hydrogen) atoms. The van der Waals surface area contributed by atoms with Crippen molar-refractivity contribution in [2.75, 3.05) is 36.9 Å². The molecule has 2 fully saturated rings. The number of rotatable bonds is 5. The van der Waals surface area contributed by atoms with Crippen LogP contribution >= 0.6 is 11.6 Å². The standard InChI is InChI=1S/C20H29ClN6O/c1-2-18-12-27(17(13-28-18)11-14-3-5-15(21)6-4-14)16-7-9-26(10-8-16)20-23-19(22)24-25-20/h3-6,16-18H,2,7-13H2,1H3,(H3,22,23,24,25)/t17-,18-/m0/s1. The summed E-state index contributed by atoms with van der Waals surface area (Å²) in [6, 6.07) is 9.17. The molecule has 4 rings (SSSR count). The Bertz CT molecular complexity index is 758. The van der Waals surface area contributed by atoms with Gasteiger partial charge >= 0.3 is 0 Å². The summed E-state index contributed by atoms with van der Waals surface area (Å²) in [4.78, 5) is 7.97. The number of halogens is 1. The van der Waals surface area contributed by atoms with E-state index in [2.05, 4.69) is 44.0 Å². The number of nitrogens with one attached hydrogen (secondary N) is 1. The molecule has 0 bridgehead atoms. The molecule has 7 nitrogen and oxygen atoms in total. The molecule has 0 saturated carbocycles. The molecule has 2 saturated heterocycles. The number of morpholine rings is 1. The van der Waals surface area contributed by atoms with Gasteiger partial charge < -0.3 is 15.4 Å². The molecule has 0 spiro atoms. The number of H-pyrrole nitrogens is 1. The van der Waals surface area contributed by atoms with Crippen LogP contribution in [0.4, 0.5) is 11.9 Å². The number of nitrogens with two attached hydrogens (primary N) is 1. The Morgan fingerprint density at radius 2 is 1.96 bits per heavy atom. The quantitative estimate of drug-likeness (QED) is 0.797. The molecule has 2 aliphatic heterocycles. The molecule has 2 aliphatic rings. The fourth-order valence-corrected chi connectivity index (χ4v) is 4.49. The smallest absolute Gasteiger partial charge is 0.226 e. The lowest BCUT2D eigenvalue weighted by molar-refractivity contribution is -0.0828. The van der Waals surface area contributed by atoms with Crippen LogP contribution in [0, 0.1) is 0 Å². The Morgan fingerprint density at radius 1 is 1.21 bits per heavy atom. The van der Waals surface area contributed by atoms with E-state index in [0.717, 1.165) is 62.9 Å². The van der Waals surface area contributed by atoms with Crippen molar-refractivity contribution >= 4 is 23.5 Å². The van der Waals surface area contributed by atoms with Crippen LogP contribution in [-0.4, -0.2) is 64.5 Å². The zero-order valence-corrected chi connectivity index (χ0v) is 17.1. The maximum Gasteiger partial charge on any atom is 0.226 e. The second kappa shape index (κ2) is 8.68. The van der Waals surface area contributed by atoms with Gasteiger partial charge in [-0.15, -0.1) is 10.2 Å². The van der Waals surface area contributed by atoms with Gasteiger partial charge in [0.05, 0.1) is 12.7 Å². The van der Waals surface area contributed by atoms with Crippen LogP contribution in [0.25, 0.3) is 0 Å². The van der Waals surface area contributed by atoms with Crippen molar-refractivity contribution in [1.82, 2.24) is 20.1 Å². The van der Waals surface area contributed by atoms with E-state index in [9.17, 15) is 0 Å². The minimum Gasteiger partial charge on any atom is -0.375 e. The van der Waals surface area contributed by atoms with E-state index in [1.807, 2.05) is 12.1 Å². The molecule has 8 heteroatoms. The van der Waals surface area contributed by atoms with Gasteiger partial charge in [0.2, 0.25) is 11.9 Å². The Kier molecular flexibility index (Phi) is 6.04. The van der Waals surface area contributed by atoms with E-state index in [4.69, 9.17) is 22.1 Å². The average Bonchev–Trinajstić information content (AvgIpc) is 3.16. The van der Waals surface area contributed by atoms with E-state index >= 15 is 0 Å². The molecule has 3 heterocycles. The average molecular weight is 405 g/mol. The van der Waals surface area contributed by atoms with Crippen molar-refractivity contribution in [2.24, 2.45) is 0 Å². The Morgan fingerprint density at radius 3 is 2.61 bits per heavy atom. The van der Waals surface area contributed by atoms with Gasteiger partial charge in [0.25, 0.3) is 0 Å². The van der Waals surface area contributed by atoms with Crippen molar-refractivity contribution in [3.05, 3.63) is 34.9 Å². The van der Waals surface area contributed by atoms with Crippen molar-refractivity contribution in [1.29, 1.82) is 0 Å². The summed E-state index contributed by atoms with van der Waals surface area (Å²) >= 11 is 6.05. The highest BCUT2D eigenvalue weighted by Crippen LogP contribution is 2.27. The number of ether oxygens (including phenoxy) is 1. The molecule has 2 aromatic rings. The predicted molar refractivity (Wildman–Crippen MR) is 112 cm³/mol. The van der Waals surface area contributed by atoms with E-state index in [-0.39, 0.29) is 0 Å².